The molecule has 10 nitrogen and oxygen atoms in total. The Labute approximate surface area is 192 Å². The zero-order valence-corrected chi connectivity index (χ0v) is 19.6. The quantitative estimate of drug-likeness (QED) is 0.555. The van der Waals surface area contributed by atoms with Gasteiger partial charge in [-0.05, 0) is 63.1 Å². The standard InChI is InChI=1S/C22H28N4O6S/c1-14-4-9-20(32-14)21(28)24-18-10-12-26(13-11-18)22(29)15(2)25-33(30,31)19-7-5-17(6-8-19)23-16(3)27/h4-9,15,18,25H,10-13H2,1-3H3,(H,23,27)(H,24,28)/t15-/m0/s1. The number of benzene rings is 1. The van der Waals surface area contributed by atoms with Gasteiger partial charge >= 0.3 is 0 Å². The number of sulfonamides is 1. The topological polar surface area (TPSA) is 138 Å². The van der Waals surface area contributed by atoms with Crippen LogP contribution in [0, 0.1) is 6.92 Å². The van der Waals surface area contributed by atoms with Crippen LogP contribution >= 0.6 is 0 Å². The summed E-state index contributed by atoms with van der Waals surface area (Å²) >= 11 is 0. The summed E-state index contributed by atoms with van der Waals surface area (Å²) in [7, 11) is -3.92. The molecule has 0 spiro atoms. The van der Waals surface area contributed by atoms with E-state index in [1.807, 2.05) is 0 Å². The molecule has 33 heavy (non-hydrogen) atoms. The largest absolute Gasteiger partial charge is 0.456 e. The smallest absolute Gasteiger partial charge is 0.287 e. The SMILES string of the molecule is CC(=O)Nc1ccc(S(=O)(=O)N[C@@H](C)C(=O)N2CCC(NC(=O)c3ccc(C)o3)CC2)cc1. The molecule has 3 N–H and O–H groups in total. The number of nitrogens with zero attached hydrogens (tertiary/aromatic N) is 1. The van der Waals surface area contributed by atoms with Crippen molar-refractivity contribution in [2.75, 3.05) is 18.4 Å². The molecule has 1 aliphatic rings. The van der Waals surface area contributed by atoms with E-state index in [1.54, 1.807) is 24.0 Å². The van der Waals surface area contributed by atoms with Crippen LogP contribution in [0.2, 0.25) is 0 Å². The number of carbonyl (C=O) groups is 3. The zero-order chi connectivity index (χ0) is 24.2. The lowest BCUT2D eigenvalue weighted by Crippen LogP contribution is -2.52. The van der Waals surface area contributed by atoms with E-state index < -0.39 is 16.1 Å². The van der Waals surface area contributed by atoms with Crippen LogP contribution in [0.1, 0.15) is 43.0 Å². The fraction of sp³-hybridized carbons (Fsp3) is 0.409. The van der Waals surface area contributed by atoms with Crippen molar-refractivity contribution < 1.29 is 27.2 Å². The number of hydrogen-bond donors (Lipinski definition) is 3. The molecule has 0 aliphatic carbocycles. The first-order valence-corrected chi connectivity index (χ1v) is 12.1. The van der Waals surface area contributed by atoms with Crippen molar-refractivity contribution in [3.63, 3.8) is 0 Å². The Balaban J connectivity index is 1.51. The summed E-state index contributed by atoms with van der Waals surface area (Å²) in [5, 5.41) is 5.47. The molecule has 178 valence electrons. The van der Waals surface area contributed by atoms with E-state index in [4.69, 9.17) is 4.42 Å². The number of piperidine rings is 1. The fourth-order valence-corrected chi connectivity index (χ4v) is 4.80. The number of aryl methyl sites for hydroxylation is 1. The van der Waals surface area contributed by atoms with Crippen molar-refractivity contribution in [2.24, 2.45) is 0 Å². The summed E-state index contributed by atoms with van der Waals surface area (Å²) in [6.07, 6.45) is 1.11. The molecule has 0 unspecified atom stereocenters. The predicted octanol–water partition coefficient (Wildman–Crippen LogP) is 1.63. The van der Waals surface area contributed by atoms with E-state index in [0.717, 1.165) is 0 Å². The van der Waals surface area contributed by atoms with Crippen LogP contribution in [-0.2, 0) is 19.6 Å². The Hall–Kier alpha value is -3.18. The van der Waals surface area contributed by atoms with Crippen LogP contribution in [-0.4, -0.2) is 56.2 Å². The van der Waals surface area contributed by atoms with E-state index in [0.29, 0.717) is 37.4 Å². The van der Waals surface area contributed by atoms with Gasteiger partial charge in [0.25, 0.3) is 5.91 Å². The maximum atomic E-state index is 12.8. The van der Waals surface area contributed by atoms with Crippen molar-refractivity contribution in [3.05, 3.63) is 47.9 Å². The van der Waals surface area contributed by atoms with Crippen molar-refractivity contribution in [1.82, 2.24) is 14.9 Å². The second-order valence-corrected chi connectivity index (χ2v) is 9.75. The number of nitrogens with one attached hydrogen (secondary N) is 3. The molecule has 2 aromatic rings. The van der Waals surface area contributed by atoms with Gasteiger partial charge in [-0.2, -0.15) is 4.72 Å². The Kier molecular flexibility index (Phi) is 7.54. The molecule has 1 aliphatic heterocycles. The van der Waals surface area contributed by atoms with Crippen LogP contribution in [0.5, 0.6) is 0 Å². The predicted molar refractivity (Wildman–Crippen MR) is 121 cm³/mol. The Morgan fingerprint density at radius 2 is 1.70 bits per heavy atom. The first-order valence-electron chi connectivity index (χ1n) is 10.6. The Morgan fingerprint density at radius 3 is 2.24 bits per heavy atom. The van der Waals surface area contributed by atoms with Crippen LogP contribution in [0.25, 0.3) is 0 Å². The molecular formula is C22H28N4O6S. The lowest BCUT2D eigenvalue weighted by molar-refractivity contribution is -0.133. The molecule has 0 radical (unpaired) electrons. The molecule has 1 aromatic carbocycles. The minimum absolute atomic E-state index is 0.00849. The van der Waals surface area contributed by atoms with Gasteiger partial charge in [-0.15, -0.1) is 0 Å². The first-order chi connectivity index (χ1) is 15.5. The highest BCUT2D eigenvalue weighted by Gasteiger charge is 2.29. The fourth-order valence-electron chi connectivity index (χ4n) is 3.60. The molecule has 0 bridgehead atoms. The number of amides is 3. The lowest BCUT2D eigenvalue weighted by Gasteiger charge is -2.33. The molecule has 3 rings (SSSR count). The molecule has 11 heteroatoms. The van der Waals surface area contributed by atoms with E-state index in [1.165, 1.54) is 38.1 Å². The third kappa shape index (κ3) is 6.42. The highest BCUT2D eigenvalue weighted by Crippen LogP contribution is 2.17. The second-order valence-electron chi connectivity index (χ2n) is 8.03. The number of rotatable bonds is 7. The summed E-state index contributed by atoms with van der Waals surface area (Å²) in [6.45, 7) is 5.42. The van der Waals surface area contributed by atoms with Gasteiger partial charge in [-0.3, -0.25) is 14.4 Å². The number of carbonyl (C=O) groups excluding carboxylic acids is 3. The lowest BCUT2D eigenvalue weighted by atomic mass is 10.0. The second kappa shape index (κ2) is 10.2. The maximum Gasteiger partial charge on any atom is 0.287 e. The summed E-state index contributed by atoms with van der Waals surface area (Å²) in [4.78, 5) is 37.7. The van der Waals surface area contributed by atoms with Crippen molar-refractivity contribution in [3.8, 4) is 0 Å². The third-order valence-corrected chi connectivity index (χ3v) is 6.85. The average molecular weight is 477 g/mol. The highest BCUT2D eigenvalue weighted by atomic mass is 32.2. The highest BCUT2D eigenvalue weighted by molar-refractivity contribution is 7.89. The van der Waals surface area contributed by atoms with Crippen LogP contribution in [0.4, 0.5) is 5.69 Å². The van der Waals surface area contributed by atoms with Gasteiger partial charge in [-0.1, -0.05) is 0 Å². The minimum atomic E-state index is -3.92. The third-order valence-electron chi connectivity index (χ3n) is 5.29. The van der Waals surface area contributed by atoms with Crippen molar-refractivity contribution in [2.45, 2.75) is 50.6 Å². The van der Waals surface area contributed by atoms with E-state index in [9.17, 15) is 22.8 Å². The monoisotopic (exact) mass is 476 g/mol. The summed E-state index contributed by atoms with van der Waals surface area (Å²) in [5.41, 5.74) is 0.475. The van der Waals surface area contributed by atoms with Crippen LogP contribution < -0.4 is 15.4 Å². The number of anilines is 1. The first kappa shape index (κ1) is 24.5. The molecule has 3 amide bonds. The normalized spacial score (nSPS) is 15.7. The molecule has 1 aromatic heterocycles. The zero-order valence-electron chi connectivity index (χ0n) is 18.8. The number of likely N-dealkylation sites (tertiary alicyclic amines) is 1. The molecule has 1 atom stereocenters. The molecule has 1 fully saturated rings. The van der Waals surface area contributed by atoms with Crippen LogP contribution in [0.15, 0.2) is 45.7 Å². The van der Waals surface area contributed by atoms with E-state index in [2.05, 4.69) is 15.4 Å². The minimum Gasteiger partial charge on any atom is -0.456 e. The molecule has 0 saturated carbocycles. The van der Waals surface area contributed by atoms with E-state index in [-0.39, 0.29) is 34.4 Å². The number of furan rings is 1. The van der Waals surface area contributed by atoms with Gasteiger partial charge in [0, 0.05) is 31.7 Å². The number of hydrogen-bond acceptors (Lipinski definition) is 6. The van der Waals surface area contributed by atoms with Gasteiger partial charge in [0.2, 0.25) is 21.8 Å². The Bertz CT molecular complexity index is 1120. The van der Waals surface area contributed by atoms with Crippen LogP contribution in [0.3, 0.4) is 0 Å². The average Bonchev–Trinajstić information content (AvgIpc) is 3.20. The Morgan fingerprint density at radius 1 is 1.06 bits per heavy atom. The molecular weight excluding hydrogens is 448 g/mol. The molecule has 2 heterocycles. The van der Waals surface area contributed by atoms with Crippen molar-refractivity contribution >= 4 is 33.4 Å². The van der Waals surface area contributed by atoms with Crippen molar-refractivity contribution in [1.29, 1.82) is 0 Å². The summed E-state index contributed by atoms with van der Waals surface area (Å²) in [5.74, 6) is 0.0144. The van der Waals surface area contributed by atoms with E-state index >= 15 is 0 Å². The summed E-state index contributed by atoms with van der Waals surface area (Å²) < 4.78 is 33.0. The van der Waals surface area contributed by atoms with Gasteiger partial charge in [-0.25, -0.2) is 8.42 Å². The summed E-state index contributed by atoms with van der Waals surface area (Å²) in [6, 6.07) is 7.96. The van der Waals surface area contributed by atoms with Gasteiger partial charge < -0.3 is 20.0 Å². The van der Waals surface area contributed by atoms with Gasteiger partial charge in [0.1, 0.15) is 5.76 Å². The maximum absolute atomic E-state index is 12.8. The molecule has 1 saturated heterocycles. The van der Waals surface area contributed by atoms with Gasteiger partial charge in [0.05, 0.1) is 10.9 Å². The van der Waals surface area contributed by atoms with Gasteiger partial charge in [0.15, 0.2) is 5.76 Å².